The molecule has 6 heteroatoms. The van der Waals surface area contributed by atoms with Crippen molar-refractivity contribution in [3.8, 4) is 0 Å². The van der Waals surface area contributed by atoms with Gasteiger partial charge in [0, 0.05) is 18.0 Å². The minimum Gasteiger partial charge on any atom is -0.352 e. The fourth-order valence-corrected chi connectivity index (χ4v) is 2.23. The Morgan fingerprint density at radius 2 is 2.10 bits per heavy atom. The molecule has 1 aromatic carbocycles. The van der Waals surface area contributed by atoms with Crippen LogP contribution in [-0.4, -0.2) is 18.5 Å². The van der Waals surface area contributed by atoms with Crippen molar-refractivity contribution in [3.05, 3.63) is 34.9 Å². The first-order valence-electron chi connectivity index (χ1n) is 7.11. The van der Waals surface area contributed by atoms with Crippen LogP contribution in [0.25, 0.3) is 0 Å². The van der Waals surface area contributed by atoms with Crippen molar-refractivity contribution in [3.63, 3.8) is 0 Å². The van der Waals surface area contributed by atoms with Crippen LogP contribution in [0.3, 0.4) is 0 Å². The molecular formula is C15H22ClN3O2. The van der Waals surface area contributed by atoms with Crippen LogP contribution in [0.15, 0.2) is 24.3 Å². The zero-order valence-electron chi connectivity index (χ0n) is 12.2. The third kappa shape index (κ3) is 6.99. The summed E-state index contributed by atoms with van der Waals surface area (Å²) < 4.78 is 0. The Morgan fingerprint density at radius 1 is 1.33 bits per heavy atom. The SMILES string of the molecule is CCC(NC(=O)CCCCNC(N)=O)c1cccc(Cl)c1. The minimum atomic E-state index is -0.536. The van der Waals surface area contributed by atoms with E-state index in [2.05, 4.69) is 10.6 Å². The maximum atomic E-state index is 11.9. The molecule has 1 unspecified atom stereocenters. The molecule has 1 atom stereocenters. The fourth-order valence-electron chi connectivity index (χ4n) is 2.03. The van der Waals surface area contributed by atoms with Gasteiger partial charge in [-0.3, -0.25) is 4.79 Å². The minimum absolute atomic E-state index is 0.000834. The molecule has 0 aromatic heterocycles. The van der Waals surface area contributed by atoms with Crippen molar-refractivity contribution in [2.24, 2.45) is 5.73 Å². The second kappa shape index (κ2) is 9.23. The van der Waals surface area contributed by atoms with Gasteiger partial charge in [-0.1, -0.05) is 30.7 Å². The highest BCUT2D eigenvalue weighted by atomic mass is 35.5. The molecule has 0 saturated carbocycles. The zero-order valence-corrected chi connectivity index (χ0v) is 13.0. The highest BCUT2D eigenvalue weighted by molar-refractivity contribution is 6.30. The lowest BCUT2D eigenvalue weighted by molar-refractivity contribution is -0.122. The first kappa shape index (κ1) is 17.3. The molecule has 0 saturated heterocycles. The zero-order chi connectivity index (χ0) is 15.7. The molecule has 0 radical (unpaired) electrons. The summed E-state index contributed by atoms with van der Waals surface area (Å²) in [4.78, 5) is 22.4. The normalized spacial score (nSPS) is 11.7. The number of hydrogen-bond acceptors (Lipinski definition) is 2. The van der Waals surface area contributed by atoms with Crippen molar-refractivity contribution in [2.45, 2.75) is 38.6 Å². The number of benzene rings is 1. The number of hydrogen-bond donors (Lipinski definition) is 3. The summed E-state index contributed by atoms with van der Waals surface area (Å²) in [6, 6.07) is 6.95. The molecule has 3 amide bonds. The van der Waals surface area contributed by atoms with E-state index in [0.29, 0.717) is 24.4 Å². The number of rotatable bonds is 8. The molecule has 0 aliphatic carbocycles. The number of amides is 3. The summed E-state index contributed by atoms with van der Waals surface area (Å²) >= 11 is 5.97. The van der Waals surface area contributed by atoms with E-state index >= 15 is 0 Å². The van der Waals surface area contributed by atoms with Gasteiger partial charge in [-0.15, -0.1) is 0 Å². The van der Waals surface area contributed by atoms with Crippen LogP contribution < -0.4 is 16.4 Å². The van der Waals surface area contributed by atoms with Gasteiger partial charge in [0.2, 0.25) is 5.91 Å². The first-order chi connectivity index (χ1) is 10.0. The number of halogens is 1. The van der Waals surface area contributed by atoms with Gasteiger partial charge in [-0.2, -0.15) is 0 Å². The van der Waals surface area contributed by atoms with Gasteiger partial charge in [-0.25, -0.2) is 4.79 Å². The summed E-state index contributed by atoms with van der Waals surface area (Å²) in [5.41, 5.74) is 5.96. The van der Waals surface area contributed by atoms with E-state index in [1.54, 1.807) is 0 Å². The molecule has 21 heavy (non-hydrogen) atoms. The quantitative estimate of drug-likeness (QED) is 0.645. The molecule has 5 nitrogen and oxygen atoms in total. The summed E-state index contributed by atoms with van der Waals surface area (Å²) in [6.07, 6.45) is 2.66. The predicted octanol–water partition coefficient (Wildman–Crippen LogP) is 2.75. The van der Waals surface area contributed by atoms with Crippen molar-refractivity contribution in [1.82, 2.24) is 10.6 Å². The number of carbonyl (C=O) groups is 2. The summed E-state index contributed by atoms with van der Waals surface area (Å²) in [6.45, 7) is 2.51. The van der Waals surface area contributed by atoms with Gasteiger partial charge in [0.1, 0.15) is 0 Å². The molecule has 1 aromatic rings. The Labute approximate surface area is 130 Å². The Hall–Kier alpha value is -1.75. The molecule has 0 heterocycles. The van der Waals surface area contributed by atoms with Crippen molar-refractivity contribution in [1.29, 1.82) is 0 Å². The van der Waals surface area contributed by atoms with Gasteiger partial charge in [0.15, 0.2) is 0 Å². The summed E-state index contributed by atoms with van der Waals surface area (Å²) in [5.74, 6) is 0.000834. The fraction of sp³-hybridized carbons (Fsp3) is 0.467. The Bertz CT molecular complexity index is 480. The van der Waals surface area contributed by atoms with Crippen LogP contribution in [0.1, 0.15) is 44.2 Å². The van der Waals surface area contributed by atoms with Crippen LogP contribution in [0.2, 0.25) is 5.02 Å². The van der Waals surface area contributed by atoms with Crippen LogP contribution >= 0.6 is 11.6 Å². The summed E-state index contributed by atoms with van der Waals surface area (Å²) in [7, 11) is 0. The lowest BCUT2D eigenvalue weighted by Crippen LogP contribution is -2.30. The predicted molar refractivity (Wildman–Crippen MR) is 84.1 cm³/mol. The van der Waals surface area contributed by atoms with E-state index in [-0.39, 0.29) is 11.9 Å². The summed E-state index contributed by atoms with van der Waals surface area (Å²) in [5, 5.41) is 6.16. The van der Waals surface area contributed by atoms with Gasteiger partial charge in [-0.05, 0) is 37.0 Å². The molecule has 0 aliphatic heterocycles. The van der Waals surface area contributed by atoms with Crippen LogP contribution in [-0.2, 0) is 4.79 Å². The van der Waals surface area contributed by atoms with Gasteiger partial charge < -0.3 is 16.4 Å². The van der Waals surface area contributed by atoms with E-state index in [0.717, 1.165) is 18.4 Å². The third-order valence-electron chi connectivity index (χ3n) is 3.12. The number of urea groups is 1. The molecule has 0 fully saturated rings. The van der Waals surface area contributed by atoms with E-state index in [1.807, 2.05) is 31.2 Å². The second-order valence-corrected chi connectivity index (χ2v) is 5.27. The average Bonchev–Trinajstić information content (AvgIpc) is 2.44. The molecule has 0 bridgehead atoms. The van der Waals surface area contributed by atoms with E-state index < -0.39 is 6.03 Å². The average molecular weight is 312 g/mol. The van der Waals surface area contributed by atoms with Crippen molar-refractivity contribution < 1.29 is 9.59 Å². The van der Waals surface area contributed by atoms with Gasteiger partial charge >= 0.3 is 6.03 Å². The third-order valence-corrected chi connectivity index (χ3v) is 3.36. The monoisotopic (exact) mass is 311 g/mol. The Morgan fingerprint density at radius 3 is 2.71 bits per heavy atom. The van der Waals surface area contributed by atoms with Gasteiger partial charge in [0.25, 0.3) is 0 Å². The lowest BCUT2D eigenvalue weighted by atomic mass is 10.0. The number of primary amides is 1. The molecule has 4 N–H and O–H groups in total. The van der Waals surface area contributed by atoms with Crippen LogP contribution in [0.4, 0.5) is 4.79 Å². The van der Waals surface area contributed by atoms with Gasteiger partial charge in [0.05, 0.1) is 6.04 Å². The largest absolute Gasteiger partial charge is 0.352 e. The maximum absolute atomic E-state index is 11.9. The molecular weight excluding hydrogens is 290 g/mol. The van der Waals surface area contributed by atoms with Crippen LogP contribution in [0, 0.1) is 0 Å². The highest BCUT2D eigenvalue weighted by Crippen LogP contribution is 2.20. The topological polar surface area (TPSA) is 84.2 Å². The van der Waals surface area contributed by atoms with Crippen LogP contribution in [0.5, 0.6) is 0 Å². The van der Waals surface area contributed by atoms with E-state index in [4.69, 9.17) is 17.3 Å². The Balaban J connectivity index is 2.36. The Kier molecular flexibility index (Phi) is 7.61. The lowest BCUT2D eigenvalue weighted by Gasteiger charge is -2.17. The number of nitrogens with two attached hydrogens (primary N) is 1. The number of carbonyl (C=O) groups excluding carboxylic acids is 2. The van der Waals surface area contributed by atoms with E-state index in [9.17, 15) is 9.59 Å². The second-order valence-electron chi connectivity index (χ2n) is 4.83. The highest BCUT2D eigenvalue weighted by Gasteiger charge is 2.12. The number of unbranched alkanes of at least 4 members (excludes halogenated alkanes) is 1. The molecule has 1 rings (SSSR count). The maximum Gasteiger partial charge on any atom is 0.312 e. The van der Waals surface area contributed by atoms with Crippen molar-refractivity contribution >= 4 is 23.5 Å². The first-order valence-corrected chi connectivity index (χ1v) is 7.49. The van der Waals surface area contributed by atoms with Crippen molar-refractivity contribution in [2.75, 3.05) is 6.54 Å². The standard InChI is InChI=1S/C15H22ClN3O2/c1-2-13(11-6-5-7-12(16)10-11)19-14(20)8-3-4-9-18-15(17)21/h5-7,10,13H,2-4,8-9H2,1H3,(H,19,20)(H3,17,18,21). The molecule has 0 spiro atoms. The molecule has 116 valence electrons. The molecule has 0 aliphatic rings. The smallest absolute Gasteiger partial charge is 0.312 e. The van der Waals surface area contributed by atoms with E-state index in [1.165, 1.54) is 0 Å². The number of nitrogens with one attached hydrogen (secondary N) is 2.